The third kappa shape index (κ3) is 2.88. The summed E-state index contributed by atoms with van der Waals surface area (Å²) in [5, 5.41) is 7.36. The molecule has 0 saturated heterocycles. The van der Waals surface area contributed by atoms with E-state index in [-0.39, 0.29) is 5.84 Å². The van der Waals surface area contributed by atoms with Crippen LogP contribution in [0.4, 0.5) is 5.82 Å². The molecule has 0 aliphatic carbocycles. The lowest BCUT2D eigenvalue weighted by Gasteiger charge is -2.19. The maximum atomic E-state index is 7.36. The normalized spacial score (nSPS) is 10.0. The lowest BCUT2D eigenvalue weighted by molar-refractivity contribution is 0.206. The zero-order valence-corrected chi connectivity index (χ0v) is 8.90. The Hall–Kier alpha value is -1.69. The van der Waals surface area contributed by atoms with Crippen LogP contribution >= 0.6 is 0 Å². The molecule has 0 amide bonds. The fraction of sp³-hybridized carbons (Fsp3) is 0.444. The number of hydrogen-bond acceptors (Lipinski definition) is 5. The zero-order valence-electron chi connectivity index (χ0n) is 8.90. The molecule has 0 spiro atoms. The number of nitrogens with two attached hydrogens (primary N) is 1. The lowest BCUT2D eigenvalue weighted by atomic mass is 10.3. The first-order valence-corrected chi connectivity index (χ1v) is 4.52. The Morgan fingerprint density at radius 2 is 2.20 bits per heavy atom. The average molecular weight is 209 g/mol. The molecule has 15 heavy (non-hydrogen) atoms. The van der Waals surface area contributed by atoms with E-state index in [2.05, 4.69) is 9.97 Å². The summed E-state index contributed by atoms with van der Waals surface area (Å²) in [6.07, 6.45) is 3.09. The van der Waals surface area contributed by atoms with Gasteiger partial charge in [0.25, 0.3) is 0 Å². The predicted molar refractivity (Wildman–Crippen MR) is 58.2 cm³/mol. The molecule has 6 nitrogen and oxygen atoms in total. The Labute approximate surface area is 88.6 Å². The van der Waals surface area contributed by atoms with Gasteiger partial charge in [-0.1, -0.05) is 0 Å². The van der Waals surface area contributed by atoms with Crippen molar-refractivity contribution in [1.82, 2.24) is 9.97 Å². The molecule has 0 fully saturated rings. The summed E-state index contributed by atoms with van der Waals surface area (Å²) < 4.78 is 4.96. The van der Waals surface area contributed by atoms with Gasteiger partial charge in [0, 0.05) is 33.1 Å². The third-order valence-electron chi connectivity index (χ3n) is 1.93. The van der Waals surface area contributed by atoms with Crippen LogP contribution in [0.5, 0.6) is 0 Å². The van der Waals surface area contributed by atoms with Gasteiger partial charge in [0.05, 0.1) is 6.61 Å². The van der Waals surface area contributed by atoms with E-state index in [0.717, 1.165) is 0 Å². The van der Waals surface area contributed by atoms with Crippen LogP contribution in [0.2, 0.25) is 0 Å². The van der Waals surface area contributed by atoms with Crippen molar-refractivity contribution in [1.29, 1.82) is 5.41 Å². The number of amidine groups is 1. The van der Waals surface area contributed by atoms with Crippen molar-refractivity contribution in [3.05, 3.63) is 18.1 Å². The van der Waals surface area contributed by atoms with Gasteiger partial charge in [-0.25, -0.2) is 9.97 Å². The van der Waals surface area contributed by atoms with Crippen LogP contribution in [0.1, 0.15) is 5.69 Å². The van der Waals surface area contributed by atoms with Crippen LogP contribution in [0, 0.1) is 5.41 Å². The van der Waals surface area contributed by atoms with Crippen molar-refractivity contribution in [3.8, 4) is 0 Å². The van der Waals surface area contributed by atoms with E-state index in [4.69, 9.17) is 15.9 Å². The van der Waals surface area contributed by atoms with E-state index in [1.54, 1.807) is 13.3 Å². The lowest BCUT2D eigenvalue weighted by Crippen LogP contribution is -2.27. The van der Waals surface area contributed by atoms with Crippen LogP contribution in [0.15, 0.2) is 12.4 Å². The SMILES string of the molecule is COCCN(C)c1nccnc1C(=N)N. The Bertz CT molecular complexity index is 341. The number of nitrogens with zero attached hydrogens (tertiary/aromatic N) is 3. The van der Waals surface area contributed by atoms with Crippen molar-refractivity contribution in [2.24, 2.45) is 5.73 Å². The number of rotatable bonds is 5. The summed E-state index contributed by atoms with van der Waals surface area (Å²) in [5.41, 5.74) is 5.80. The highest BCUT2D eigenvalue weighted by atomic mass is 16.5. The molecule has 1 heterocycles. The van der Waals surface area contributed by atoms with Crippen LogP contribution in [-0.4, -0.2) is 43.1 Å². The van der Waals surface area contributed by atoms with Crippen molar-refractivity contribution < 1.29 is 4.74 Å². The van der Waals surface area contributed by atoms with Gasteiger partial charge >= 0.3 is 0 Å². The zero-order chi connectivity index (χ0) is 11.3. The molecule has 0 bridgehead atoms. The maximum Gasteiger partial charge on any atom is 0.158 e. The molecule has 82 valence electrons. The molecule has 0 unspecified atom stereocenters. The molecule has 0 aromatic carbocycles. The first kappa shape index (κ1) is 11.4. The Kier molecular flexibility index (Phi) is 3.99. The number of ether oxygens (including phenoxy) is 1. The van der Waals surface area contributed by atoms with Crippen LogP contribution in [-0.2, 0) is 4.74 Å². The highest BCUT2D eigenvalue weighted by Gasteiger charge is 2.11. The molecule has 1 aromatic heterocycles. The predicted octanol–water partition coefficient (Wildman–Crippen LogP) is -0.157. The minimum atomic E-state index is -0.0811. The smallest absolute Gasteiger partial charge is 0.158 e. The van der Waals surface area contributed by atoms with Gasteiger partial charge in [-0.15, -0.1) is 0 Å². The molecule has 0 atom stereocenters. The molecule has 1 rings (SSSR count). The van der Waals surface area contributed by atoms with Crippen molar-refractivity contribution in [2.45, 2.75) is 0 Å². The van der Waals surface area contributed by atoms with E-state index in [0.29, 0.717) is 24.7 Å². The maximum absolute atomic E-state index is 7.36. The summed E-state index contributed by atoms with van der Waals surface area (Å²) in [6.45, 7) is 1.26. The quantitative estimate of drug-likeness (QED) is 0.520. The molecule has 6 heteroatoms. The molecule has 3 N–H and O–H groups in total. The largest absolute Gasteiger partial charge is 0.383 e. The second kappa shape index (κ2) is 5.26. The summed E-state index contributed by atoms with van der Waals surface area (Å²) in [4.78, 5) is 10.0. The molecule has 0 saturated carbocycles. The van der Waals surface area contributed by atoms with E-state index in [9.17, 15) is 0 Å². The van der Waals surface area contributed by atoms with E-state index < -0.39 is 0 Å². The van der Waals surface area contributed by atoms with Gasteiger partial charge in [-0.05, 0) is 0 Å². The first-order valence-electron chi connectivity index (χ1n) is 4.52. The van der Waals surface area contributed by atoms with E-state index >= 15 is 0 Å². The number of anilines is 1. The second-order valence-electron chi connectivity index (χ2n) is 3.06. The van der Waals surface area contributed by atoms with Gasteiger partial charge in [-0.3, -0.25) is 5.41 Å². The fourth-order valence-corrected chi connectivity index (χ4v) is 1.13. The van der Waals surface area contributed by atoms with Gasteiger partial charge in [0.15, 0.2) is 5.82 Å². The molecule has 0 radical (unpaired) electrons. The number of nitrogens with one attached hydrogen (secondary N) is 1. The average Bonchev–Trinajstić information content (AvgIpc) is 2.25. The van der Waals surface area contributed by atoms with Crippen LogP contribution in [0.25, 0.3) is 0 Å². The highest BCUT2D eigenvalue weighted by molar-refractivity contribution is 5.97. The standard InChI is InChI=1S/C9H15N5O/c1-14(5-6-15-2)9-7(8(10)11)12-3-4-13-9/h3-4H,5-6H2,1-2H3,(H3,10,11). The molecule has 1 aromatic rings. The van der Waals surface area contributed by atoms with Crippen molar-refractivity contribution in [3.63, 3.8) is 0 Å². The monoisotopic (exact) mass is 209 g/mol. The summed E-state index contributed by atoms with van der Waals surface area (Å²) in [6, 6.07) is 0. The number of methoxy groups -OCH3 is 1. The van der Waals surface area contributed by atoms with Gasteiger partial charge in [0.1, 0.15) is 11.5 Å². The second-order valence-corrected chi connectivity index (χ2v) is 3.06. The molecular weight excluding hydrogens is 194 g/mol. The van der Waals surface area contributed by atoms with Crippen LogP contribution < -0.4 is 10.6 Å². The number of likely N-dealkylation sites (N-methyl/N-ethyl adjacent to an activating group) is 1. The summed E-state index contributed by atoms with van der Waals surface area (Å²) in [5.74, 6) is 0.518. The Morgan fingerprint density at radius 3 is 2.80 bits per heavy atom. The summed E-state index contributed by atoms with van der Waals surface area (Å²) in [7, 11) is 3.49. The minimum Gasteiger partial charge on any atom is -0.383 e. The minimum absolute atomic E-state index is 0.0811. The summed E-state index contributed by atoms with van der Waals surface area (Å²) >= 11 is 0. The Balaban J connectivity index is 2.87. The number of aromatic nitrogens is 2. The highest BCUT2D eigenvalue weighted by Crippen LogP contribution is 2.11. The van der Waals surface area contributed by atoms with Gasteiger partial charge < -0.3 is 15.4 Å². The topological polar surface area (TPSA) is 88.1 Å². The van der Waals surface area contributed by atoms with Crippen LogP contribution in [0.3, 0.4) is 0 Å². The number of nitrogen functional groups attached to an aromatic ring is 1. The fourth-order valence-electron chi connectivity index (χ4n) is 1.13. The molecule has 0 aliphatic rings. The number of hydrogen-bond donors (Lipinski definition) is 2. The molecule has 0 aliphatic heterocycles. The van der Waals surface area contributed by atoms with Crippen molar-refractivity contribution in [2.75, 3.05) is 32.2 Å². The third-order valence-corrected chi connectivity index (χ3v) is 1.93. The van der Waals surface area contributed by atoms with Crippen molar-refractivity contribution >= 4 is 11.7 Å². The first-order chi connectivity index (χ1) is 7.16. The van der Waals surface area contributed by atoms with E-state index in [1.165, 1.54) is 6.20 Å². The van der Waals surface area contributed by atoms with E-state index in [1.807, 2.05) is 11.9 Å². The van der Waals surface area contributed by atoms with Gasteiger partial charge in [-0.2, -0.15) is 0 Å². The Morgan fingerprint density at radius 1 is 1.53 bits per heavy atom. The molecular formula is C9H15N5O. The van der Waals surface area contributed by atoms with Gasteiger partial charge in [0.2, 0.25) is 0 Å².